The molecule has 2 rings (SSSR count). The van der Waals surface area contributed by atoms with E-state index in [-0.39, 0.29) is 6.61 Å². The molecule has 0 aromatic heterocycles. The van der Waals surface area contributed by atoms with E-state index in [1.165, 1.54) is 12.5 Å². The van der Waals surface area contributed by atoms with Crippen LogP contribution in [0.2, 0.25) is 0 Å². The second kappa shape index (κ2) is 11.1. The fraction of sp³-hybridized carbons (Fsp3) is 0.375. The Morgan fingerprint density at radius 3 is 2.06 bits per heavy atom. The van der Waals surface area contributed by atoms with Crippen LogP contribution >= 0.6 is 0 Å². The molecule has 3 atom stereocenters. The van der Waals surface area contributed by atoms with E-state index in [0.29, 0.717) is 10.5 Å². The van der Waals surface area contributed by atoms with Crippen LogP contribution in [0, 0.1) is 0 Å². The summed E-state index contributed by atoms with van der Waals surface area (Å²) in [6.45, 7) is 6.37. The molecule has 0 aliphatic heterocycles. The maximum atomic E-state index is 13.5. The number of ether oxygens (including phenoxy) is 1. The summed E-state index contributed by atoms with van der Waals surface area (Å²) in [4.78, 5) is 13.5. The maximum Gasteiger partial charge on any atom is 0.325 e. The minimum atomic E-state index is -3.90. The zero-order chi connectivity index (χ0) is 24.7. The number of carbonyl (C=O) groups is 1. The van der Waals surface area contributed by atoms with Crippen LogP contribution in [0.4, 0.5) is 0 Å². The lowest BCUT2D eigenvalue weighted by Gasteiger charge is -2.28. The van der Waals surface area contributed by atoms with Crippen molar-refractivity contribution in [2.24, 2.45) is 4.36 Å². The molecular weight excluding hydrogens is 460 g/mol. The van der Waals surface area contributed by atoms with E-state index in [1.54, 1.807) is 82.3 Å². The predicted molar refractivity (Wildman–Crippen MR) is 132 cm³/mol. The molecule has 2 aromatic rings. The summed E-state index contributed by atoms with van der Waals surface area (Å²) in [6, 6.07) is 16.5. The standard InChI is InChI=1S/C24H32N2O5S2/c1-6-31-23(27)22(26-33(29,30)24(2,3)4)21(19-13-9-7-10-14-19)17-18-32(28,25-5)20-15-11-8-12-16-20/h7-18,21-22,26H,6H2,1-5H3/b18-17+/t21-,22-,32-/m0/s1. The van der Waals surface area contributed by atoms with Gasteiger partial charge < -0.3 is 4.74 Å². The minimum Gasteiger partial charge on any atom is -0.465 e. The minimum absolute atomic E-state index is 0.0862. The number of sulfonamides is 1. The molecule has 0 saturated carbocycles. The Morgan fingerprint density at radius 2 is 1.58 bits per heavy atom. The number of esters is 1. The van der Waals surface area contributed by atoms with Gasteiger partial charge in [0.05, 0.1) is 26.0 Å². The van der Waals surface area contributed by atoms with E-state index in [2.05, 4.69) is 9.08 Å². The van der Waals surface area contributed by atoms with Crippen molar-refractivity contribution < 1.29 is 22.2 Å². The molecule has 7 nitrogen and oxygen atoms in total. The van der Waals surface area contributed by atoms with Crippen molar-refractivity contribution in [3.8, 4) is 0 Å². The quantitative estimate of drug-likeness (QED) is 0.531. The molecule has 0 spiro atoms. The zero-order valence-electron chi connectivity index (χ0n) is 19.6. The lowest BCUT2D eigenvalue weighted by molar-refractivity contribution is -0.145. The van der Waals surface area contributed by atoms with Gasteiger partial charge in [-0.15, -0.1) is 0 Å². The summed E-state index contributed by atoms with van der Waals surface area (Å²) in [5, 5.41) is 1.44. The second-order valence-electron chi connectivity index (χ2n) is 8.29. The lowest BCUT2D eigenvalue weighted by Crippen LogP contribution is -2.50. The van der Waals surface area contributed by atoms with Gasteiger partial charge in [-0.05, 0) is 45.4 Å². The third kappa shape index (κ3) is 6.75. The van der Waals surface area contributed by atoms with Gasteiger partial charge in [0.15, 0.2) is 0 Å². The fourth-order valence-corrected chi connectivity index (χ4v) is 5.34. The molecule has 0 fully saturated rings. The molecule has 0 unspecified atom stereocenters. The van der Waals surface area contributed by atoms with Gasteiger partial charge in [-0.1, -0.05) is 54.6 Å². The molecule has 0 aliphatic rings. The number of hydrogen-bond acceptors (Lipinski definition) is 6. The molecule has 9 heteroatoms. The molecule has 0 radical (unpaired) electrons. The summed E-state index contributed by atoms with van der Waals surface area (Å²) in [5.41, 5.74) is 0.661. The number of carbonyl (C=O) groups excluding carboxylic acids is 1. The average molecular weight is 493 g/mol. The van der Waals surface area contributed by atoms with Crippen LogP contribution in [-0.4, -0.2) is 43.0 Å². The van der Waals surface area contributed by atoms with Gasteiger partial charge in [0.25, 0.3) is 0 Å². The molecule has 0 heterocycles. The lowest BCUT2D eigenvalue weighted by atomic mass is 9.92. The Balaban J connectivity index is 2.64. The first kappa shape index (κ1) is 26.8. The molecular formula is C24H32N2O5S2. The van der Waals surface area contributed by atoms with Gasteiger partial charge in [0, 0.05) is 18.4 Å². The highest BCUT2D eigenvalue weighted by atomic mass is 32.2. The fourth-order valence-electron chi connectivity index (χ4n) is 2.99. The van der Waals surface area contributed by atoms with Crippen molar-refractivity contribution in [2.75, 3.05) is 13.7 Å². The Morgan fingerprint density at radius 1 is 1.03 bits per heavy atom. The molecule has 0 amide bonds. The summed E-state index contributed by atoms with van der Waals surface area (Å²) in [5.74, 6) is -1.50. The van der Waals surface area contributed by atoms with Crippen molar-refractivity contribution in [3.05, 3.63) is 77.7 Å². The van der Waals surface area contributed by atoms with Gasteiger partial charge >= 0.3 is 5.97 Å². The van der Waals surface area contributed by atoms with E-state index in [0.717, 1.165) is 0 Å². The topological polar surface area (TPSA) is 102 Å². The van der Waals surface area contributed by atoms with Crippen LogP contribution in [0.25, 0.3) is 0 Å². The monoisotopic (exact) mass is 492 g/mol. The summed E-state index contributed by atoms with van der Waals surface area (Å²) in [7, 11) is -5.38. The van der Waals surface area contributed by atoms with Gasteiger partial charge in [-0.25, -0.2) is 17.0 Å². The van der Waals surface area contributed by atoms with E-state index in [4.69, 9.17) is 4.74 Å². The van der Waals surface area contributed by atoms with Gasteiger partial charge in [0.1, 0.15) is 6.04 Å². The van der Waals surface area contributed by atoms with Gasteiger partial charge in [-0.2, -0.15) is 4.72 Å². The Bertz CT molecular complexity index is 1180. The van der Waals surface area contributed by atoms with E-state index >= 15 is 0 Å². The van der Waals surface area contributed by atoms with Crippen molar-refractivity contribution in [3.63, 3.8) is 0 Å². The zero-order valence-corrected chi connectivity index (χ0v) is 21.2. The molecule has 1 N–H and O–H groups in total. The van der Waals surface area contributed by atoms with E-state index in [1.807, 2.05) is 12.1 Å². The van der Waals surface area contributed by atoms with Crippen LogP contribution in [0.1, 0.15) is 39.2 Å². The summed E-state index contributed by atoms with van der Waals surface area (Å²) in [6.07, 6.45) is 1.57. The van der Waals surface area contributed by atoms with Gasteiger partial charge in [0.2, 0.25) is 10.0 Å². The first-order chi connectivity index (χ1) is 15.4. The van der Waals surface area contributed by atoms with Crippen LogP contribution in [-0.2, 0) is 29.3 Å². The van der Waals surface area contributed by atoms with E-state index < -0.39 is 42.4 Å². The molecule has 33 heavy (non-hydrogen) atoms. The third-order valence-corrected chi connectivity index (χ3v) is 9.19. The number of nitrogens with zero attached hydrogens (tertiary/aromatic N) is 1. The summed E-state index contributed by atoms with van der Waals surface area (Å²) >= 11 is 0. The molecule has 0 bridgehead atoms. The maximum absolute atomic E-state index is 13.5. The average Bonchev–Trinajstić information content (AvgIpc) is 2.79. The largest absolute Gasteiger partial charge is 0.465 e. The third-order valence-electron chi connectivity index (χ3n) is 4.99. The Hall–Kier alpha value is -2.49. The highest BCUT2D eigenvalue weighted by Gasteiger charge is 2.38. The predicted octanol–water partition coefficient (Wildman–Crippen LogP) is 4.09. The number of hydrogen-bond donors (Lipinski definition) is 1. The second-order valence-corrected chi connectivity index (χ2v) is 13.0. The highest BCUT2D eigenvalue weighted by molar-refractivity contribution is 7.96. The number of nitrogens with one attached hydrogen (secondary N) is 1. The van der Waals surface area contributed by atoms with Crippen molar-refractivity contribution >= 4 is 25.7 Å². The van der Waals surface area contributed by atoms with Crippen LogP contribution in [0.5, 0.6) is 0 Å². The van der Waals surface area contributed by atoms with Crippen molar-refractivity contribution in [1.29, 1.82) is 0 Å². The van der Waals surface area contributed by atoms with Crippen LogP contribution in [0.3, 0.4) is 0 Å². The van der Waals surface area contributed by atoms with Crippen LogP contribution < -0.4 is 4.72 Å². The first-order valence-corrected chi connectivity index (χ1v) is 13.6. The number of rotatable bonds is 9. The molecule has 0 saturated heterocycles. The Kier molecular flexibility index (Phi) is 8.99. The summed E-state index contributed by atoms with van der Waals surface area (Å²) < 4.78 is 50.2. The smallest absolute Gasteiger partial charge is 0.325 e. The van der Waals surface area contributed by atoms with E-state index in [9.17, 15) is 17.4 Å². The van der Waals surface area contributed by atoms with Crippen LogP contribution in [0.15, 0.2) is 81.4 Å². The highest BCUT2D eigenvalue weighted by Crippen LogP contribution is 2.27. The molecule has 2 aromatic carbocycles. The Labute approximate surface area is 197 Å². The number of benzene rings is 2. The van der Waals surface area contributed by atoms with Gasteiger partial charge in [-0.3, -0.25) is 4.79 Å². The van der Waals surface area contributed by atoms with Crippen molar-refractivity contribution in [2.45, 2.75) is 49.3 Å². The molecule has 0 aliphatic carbocycles. The molecule has 180 valence electrons. The SMILES string of the molecule is CCOC(=O)[C@@H](NS(=O)(=O)C(C)(C)C)[C@@H](/C=C/[S@@](=O)(=NC)c1ccccc1)c1ccccc1. The van der Waals surface area contributed by atoms with Crippen molar-refractivity contribution in [1.82, 2.24) is 4.72 Å². The first-order valence-electron chi connectivity index (χ1n) is 10.6. The normalized spacial score (nSPS) is 16.0.